The number of nitrogens with zero attached hydrogens (tertiary/aromatic N) is 1. The Balaban J connectivity index is 1.99. The van der Waals surface area contributed by atoms with Crippen LogP contribution in [0.3, 0.4) is 0 Å². The van der Waals surface area contributed by atoms with Gasteiger partial charge in [-0.3, -0.25) is 4.79 Å². The number of para-hydroxylation sites is 1. The lowest BCUT2D eigenvalue weighted by Gasteiger charge is -2.30. The molecule has 0 fully saturated rings. The number of benzene rings is 2. The van der Waals surface area contributed by atoms with E-state index < -0.39 is 0 Å². The predicted octanol–water partition coefficient (Wildman–Crippen LogP) is 6.21. The summed E-state index contributed by atoms with van der Waals surface area (Å²) in [4.78, 5) is 14.4. The molecular weight excluding hydrogens is 318 g/mol. The molecule has 1 heterocycles. The maximum atomic E-state index is 12.5. The molecule has 2 aromatic carbocycles. The molecule has 1 aliphatic carbocycles. The summed E-state index contributed by atoms with van der Waals surface area (Å²) in [6.07, 6.45) is 8.69. The molecular formula is C24H27NO. The van der Waals surface area contributed by atoms with Gasteiger partial charge < -0.3 is 4.90 Å². The molecule has 2 aromatic rings. The third-order valence-corrected chi connectivity index (χ3v) is 5.79. The first-order valence-electron chi connectivity index (χ1n) is 9.93. The minimum Gasteiger partial charge on any atom is -0.308 e. The molecule has 1 amide bonds. The first-order valence-corrected chi connectivity index (χ1v) is 9.93. The van der Waals surface area contributed by atoms with Crippen molar-refractivity contribution >= 4 is 22.7 Å². The second kappa shape index (κ2) is 7.49. The molecule has 0 atom stereocenters. The van der Waals surface area contributed by atoms with Crippen LogP contribution in [0.25, 0.3) is 11.1 Å². The van der Waals surface area contributed by atoms with Gasteiger partial charge in [0.25, 0.3) is 0 Å². The molecule has 1 aliphatic heterocycles. The zero-order valence-corrected chi connectivity index (χ0v) is 15.6. The Labute approximate surface area is 156 Å². The Morgan fingerprint density at radius 1 is 0.769 bits per heavy atom. The summed E-state index contributed by atoms with van der Waals surface area (Å²) in [5.74, 6) is 0.111. The summed E-state index contributed by atoms with van der Waals surface area (Å²) in [6.45, 7) is 2.33. The molecule has 0 spiro atoms. The van der Waals surface area contributed by atoms with E-state index in [4.69, 9.17) is 0 Å². The number of hydrogen-bond acceptors (Lipinski definition) is 1. The number of hydrogen-bond donors (Lipinski definition) is 0. The van der Waals surface area contributed by atoms with Crippen LogP contribution in [0.1, 0.15) is 68.6 Å². The van der Waals surface area contributed by atoms with Crippen molar-refractivity contribution < 1.29 is 4.79 Å². The first kappa shape index (κ1) is 17.1. The summed E-state index contributed by atoms with van der Waals surface area (Å²) < 4.78 is 0. The van der Waals surface area contributed by atoms with E-state index in [1.165, 1.54) is 59.9 Å². The maximum Gasteiger partial charge on any atom is 0.224 e. The molecule has 0 unspecified atom stereocenters. The largest absolute Gasteiger partial charge is 0.308 e. The van der Waals surface area contributed by atoms with Crippen molar-refractivity contribution in [3.63, 3.8) is 0 Å². The Morgan fingerprint density at radius 2 is 1.35 bits per heavy atom. The minimum absolute atomic E-state index is 0.111. The molecule has 0 aromatic heterocycles. The standard InChI is InChI=1S/C24H27NO/c1-18(26)25-17-19-11-7-8-12-20(19)21-13-5-3-2-4-6-14-22(21)23-15-9-10-16-24(23)25/h7-12,15-16H,2-6,13-14,17H2,1H3/b22-21-. The lowest BCUT2D eigenvalue weighted by atomic mass is 9.84. The number of rotatable bonds is 0. The van der Waals surface area contributed by atoms with Crippen molar-refractivity contribution in [2.24, 2.45) is 0 Å². The van der Waals surface area contributed by atoms with Crippen LogP contribution >= 0.6 is 0 Å². The van der Waals surface area contributed by atoms with Gasteiger partial charge in [0, 0.05) is 12.5 Å². The van der Waals surface area contributed by atoms with Crippen LogP contribution in [0.5, 0.6) is 0 Å². The minimum atomic E-state index is 0.111. The number of fused-ring (bicyclic) bond motifs is 4. The maximum absolute atomic E-state index is 12.5. The van der Waals surface area contributed by atoms with E-state index in [2.05, 4.69) is 48.5 Å². The van der Waals surface area contributed by atoms with Gasteiger partial charge in [-0.2, -0.15) is 0 Å². The van der Waals surface area contributed by atoms with E-state index in [-0.39, 0.29) is 5.91 Å². The van der Waals surface area contributed by atoms with Gasteiger partial charge in [-0.05, 0) is 54.0 Å². The number of anilines is 1. The lowest BCUT2D eigenvalue weighted by Crippen LogP contribution is -2.30. The fraction of sp³-hybridized carbons (Fsp3) is 0.375. The van der Waals surface area contributed by atoms with Crippen molar-refractivity contribution in [3.8, 4) is 0 Å². The Kier molecular flexibility index (Phi) is 4.92. The van der Waals surface area contributed by atoms with Gasteiger partial charge in [-0.25, -0.2) is 0 Å². The third-order valence-electron chi connectivity index (χ3n) is 5.79. The van der Waals surface area contributed by atoms with E-state index in [9.17, 15) is 4.79 Å². The molecule has 0 saturated heterocycles. The molecule has 4 rings (SSSR count). The number of allylic oxidation sites excluding steroid dienone is 2. The van der Waals surface area contributed by atoms with Crippen LogP contribution in [-0.2, 0) is 11.3 Å². The van der Waals surface area contributed by atoms with Crippen LogP contribution < -0.4 is 4.90 Å². The van der Waals surface area contributed by atoms with Gasteiger partial charge in [0.1, 0.15) is 0 Å². The summed E-state index contributed by atoms with van der Waals surface area (Å²) in [7, 11) is 0. The molecule has 0 radical (unpaired) electrons. The van der Waals surface area contributed by atoms with E-state index in [1.807, 2.05) is 4.90 Å². The monoisotopic (exact) mass is 345 g/mol. The van der Waals surface area contributed by atoms with Gasteiger partial charge in [-0.15, -0.1) is 0 Å². The van der Waals surface area contributed by atoms with E-state index in [1.54, 1.807) is 6.92 Å². The van der Waals surface area contributed by atoms with Gasteiger partial charge in [-0.1, -0.05) is 61.7 Å². The van der Waals surface area contributed by atoms with Gasteiger partial charge in [0.15, 0.2) is 0 Å². The topological polar surface area (TPSA) is 20.3 Å². The SMILES string of the molecule is CC(=O)N1Cc2ccccc2/C2=C(/CCCCCCC2)c2ccccc21. The van der Waals surface area contributed by atoms with Gasteiger partial charge >= 0.3 is 0 Å². The van der Waals surface area contributed by atoms with E-state index in [0.717, 1.165) is 18.5 Å². The van der Waals surface area contributed by atoms with Crippen LogP contribution in [-0.4, -0.2) is 5.91 Å². The molecule has 0 bridgehead atoms. The van der Waals surface area contributed by atoms with Crippen LogP contribution in [0, 0.1) is 0 Å². The zero-order valence-electron chi connectivity index (χ0n) is 15.6. The fourth-order valence-electron chi connectivity index (χ4n) is 4.48. The van der Waals surface area contributed by atoms with E-state index in [0.29, 0.717) is 6.54 Å². The Hall–Kier alpha value is -2.35. The highest BCUT2D eigenvalue weighted by molar-refractivity contribution is 6.01. The highest BCUT2D eigenvalue weighted by Gasteiger charge is 2.25. The van der Waals surface area contributed by atoms with Crippen LogP contribution in [0.2, 0.25) is 0 Å². The average Bonchev–Trinajstić information content (AvgIpc) is 2.77. The molecule has 134 valence electrons. The molecule has 2 heteroatoms. The second-order valence-electron chi connectivity index (χ2n) is 7.50. The van der Waals surface area contributed by atoms with Gasteiger partial charge in [0.2, 0.25) is 5.91 Å². The van der Waals surface area contributed by atoms with Gasteiger partial charge in [0.05, 0.1) is 12.2 Å². The Morgan fingerprint density at radius 3 is 2.08 bits per heavy atom. The first-order chi connectivity index (χ1) is 12.8. The van der Waals surface area contributed by atoms with Crippen molar-refractivity contribution in [2.45, 2.75) is 58.4 Å². The van der Waals surface area contributed by atoms with E-state index >= 15 is 0 Å². The van der Waals surface area contributed by atoms with Crippen LogP contribution in [0.15, 0.2) is 48.5 Å². The van der Waals surface area contributed by atoms with Crippen molar-refractivity contribution in [3.05, 3.63) is 65.2 Å². The Bertz CT molecular complexity index is 849. The zero-order chi connectivity index (χ0) is 17.9. The molecule has 26 heavy (non-hydrogen) atoms. The predicted molar refractivity (Wildman–Crippen MR) is 109 cm³/mol. The molecule has 2 aliphatic rings. The lowest BCUT2D eigenvalue weighted by molar-refractivity contribution is -0.116. The number of carbonyl (C=O) groups excluding carboxylic acids is 1. The smallest absolute Gasteiger partial charge is 0.224 e. The summed E-state index contributed by atoms with van der Waals surface area (Å²) in [5.41, 5.74) is 7.92. The second-order valence-corrected chi connectivity index (χ2v) is 7.50. The summed E-state index contributed by atoms with van der Waals surface area (Å²) in [5, 5.41) is 0. The molecule has 0 saturated carbocycles. The highest BCUT2D eigenvalue weighted by Crippen LogP contribution is 2.42. The van der Waals surface area contributed by atoms with Crippen LogP contribution in [0.4, 0.5) is 5.69 Å². The summed E-state index contributed by atoms with van der Waals surface area (Å²) >= 11 is 0. The summed E-state index contributed by atoms with van der Waals surface area (Å²) in [6, 6.07) is 17.2. The normalized spacial score (nSPS) is 20.4. The highest BCUT2D eigenvalue weighted by atomic mass is 16.2. The van der Waals surface area contributed by atoms with Crippen molar-refractivity contribution in [1.82, 2.24) is 0 Å². The quantitative estimate of drug-likeness (QED) is 0.556. The molecule has 0 N–H and O–H groups in total. The number of amides is 1. The van der Waals surface area contributed by atoms with Crippen molar-refractivity contribution in [1.29, 1.82) is 0 Å². The van der Waals surface area contributed by atoms with Crippen molar-refractivity contribution in [2.75, 3.05) is 4.90 Å². The molecule has 2 nitrogen and oxygen atoms in total. The average molecular weight is 345 g/mol. The number of carbonyl (C=O) groups is 1. The fourth-order valence-corrected chi connectivity index (χ4v) is 4.48. The third kappa shape index (κ3) is 3.21.